The van der Waals surface area contributed by atoms with Crippen molar-refractivity contribution >= 4 is 28.5 Å². The lowest BCUT2D eigenvalue weighted by Gasteiger charge is -2.25. The second-order valence-electron chi connectivity index (χ2n) is 7.74. The molecule has 1 N–H and O–H groups in total. The number of amides is 1. The van der Waals surface area contributed by atoms with Gasteiger partial charge < -0.3 is 19.7 Å². The Kier molecular flexibility index (Phi) is 5.97. The predicted octanol–water partition coefficient (Wildman–Crippen LogP) is 5.55. The first-order valence-corrected chi connectivity index (χ1v) is 10.9. The van der Waals surface area contributed by atoms with Crippen molar-refractivity contribution in [2.75, 3.05) is 18.4 Å². The summed E-state index contributed by atoms with van der Waals surface area (Å²) in [4.78, 5) is 27.3. The second-order valence-corrected chi connectivity index (χ2v) is 7.74. The highest BCUT2D eigenvalue weighted by Gasteiger charge is 2.18. The molecule has 0 spiro atoms. The molecule has 4 aromatic rings. The molecule has 8 nitrogen and oxygen atoms in total. The number of fused-ring (bicyclic) bond motifs is 1. The Morgan fingerprint density at radius 3 is 2.52 bits per heavy atom. The van der Waals surface area contributed by atoms with Crippen molar-refractivity contribution in [3.05, 3.63) is 73.2 Å². The van der Waals surface area contributed by atoms with Crippen molar-refractivity contribution in [3.8, 4) is 17.4 Å². The standard InChI is InChI=1S/C25H23N5O3/c31-25(30-13-5-2-6-14-30)33-20-10-11-22-21(15-20)24(28-17-27-22)29-18-9-12-23(26-16-18)32-19-7-3-1-4-8-19/h1,3-4,7-12,15-17H,2,5-6,13-14H2,(H,27,28,29). The highest BCUT2D eigenvalue weighted by atomic mass is 16.6. The maximum absolute atomic E-state index is 12.5. The number of hydrogen-bond donors (Lipinski definition) is 1. The third-order valence-corrected chi connectivity index (χ3v) is 5.39. The summed E-state index contributed by atoms with van der Waals surface area (Å²) in [6.45, 7) is 1.47. The summed E-state index contributed by atoms with van der Waals surface area (Å²) in [6, 6.07) is 18.5. The fourth-order valence-corrected chi connectivity index (χ4v) is 3.70. The summed E-state index contributed by atoms with van der Waals surface area (Å²) < 4.78 is 11.4. The number of anilines is 2. The number of nitrogens with one attached hydrogen (secondary N) is 1. The number of pyridine rings is 1. The molecule has 1 fully saturated rings. The number of carbonyl (C=O) groups is 1. The highest BCUT2D eigenvalue weighted by molar-refractivity contribution is 5.92. The first-order chi connectivity index (χ1) is 16.2. The number of para-hydroxylation sites is 1. The molecule has 2 aromatic heterocycles. The molecule has 1 aliphatic heterocycles. The molecule has 0 saturated carbocycles. The van der Waals surface area contributed by atoms with Gasteiger partial charge in [0.2, 0.25) is 5.88 Å². The van der Waals surface area contributed by atoms with Crippen LogP contribution in [0, 0.1) is 0 Å². The maximum Gasteiger partial charge on any atom is 0.415 e. The third-order valence-electron chi connectivity index (χ3n) is 5.39. The molecule has 33 heavy (non-hydrogen) atoms. The lowest BCUT2D eigenvalue weighted by atomic mass is 10.1. The molecule has 0 radical (unpaired) electrons. The lowest BCUT2D eigenvalue weighted by Crippen LogP contribution is -2.37. The average Bonchev–Trinajstić information content (AvgIpc) is 2.87. The van der Waals surface area contributed by atoms with Gasteiger partial charge in [-0.3, -0.25) is 0 Å². The molecule has 5 rings (SSSR count). The Morgan fingerprint density at radius 2 is 1.73 bits per heavy atom. The van der Waals surface area contributed by atoms with Crippen LogP contribution in [0.25, 0.3) is 10.9 Å². The molecule has 3 heterocycles. The van der Waals surface area contributed by atoms with Gasteiger partial charge in [0.25, 0.3) is 0 Å². The first-order valence-electron chi connectivity index (χ1n) is 10.9. The van der Waals surface area contributed by atoms with Crippen LogP contribution in [-0.4, -0.2) is 39.0 Å². The van der Waals surface area contributed by atoms with E-state index in [1.807, 2.05) is 42.5 Å². The number of aromatic nitrogens is 3. The molecule has 166 valence electrons. The van der Waals surface area contributed by atoms with Crippen LogP contribution in [0.1, 0.15) is 19.3 Å². The molecular formula is C25H23N5O3. The van der Waals surface area contributed by atoms with Gasteiger partial charge in [-0.25, -0.2) is 19.7 Å². The van der Waals surface area contributed by atoms with Gasteiger partial charge in [0.15, 0.2) is 0 Å². The van der Waals surface area contributed by atoms with Crippen molar-refractivity contribution in [2.45, 2.75) is 19.3 Å². The summed E-state index contributed by atoms with van der Waals surface area (Å²) in [5.41, 5.74) is 1.48. The minimum absolute atomic E-state index is 0.321. The summed E-state index contributed by atoms with van der Waals surface area (Å²) in [5.74, 6) is 2.26. The van der Waals surface area contributed by atoms with E-state index in [0.717, 1.165) is 54.7 Å². The van der Waals surface area contributed by atoms with Crippen molar-refractivity contribution in [2.24, 2.45) is 0 Å². The van der Waals surface area contributed by atoms with E-state index >= 15 is 0 Å². The first kappa shape index (κ1) is 20.7. The monoisotopic (exact) mass is 441 g/mol. The van der Waals surface area contributed by atoms with Crippen LogP contribution < -0.4 is 14.8 Å². The van der Waals surface area contributed by atoms with Gasteiger partial charge in [0.1, 0.15) is 23.6 Å². The number of nitrogens with zero attached hydrogens (tertiary/aromatic N) is 4. The summed E-state index contributed by atoms with van der Waals surface area (Å²) in [7, 11) is 0. The normalized spacial score (nSPS) is 13.5. The average molecular weight is 441 g/mol. The van der Waals surface area contributed by atoms with Crippen LogP contribution in [0.2, 0.25) is 0 Å². The number of piperidine rings is 1. The lowest BCUT2D eigenvalue weighted by molar-refractivity contribution is 0.142. The largest absolute Gasteiger partial charge is 0.439 e. The molecule has 8 heteroatoms. The fourth-order valence-electron chi connectivity index (χ4n) is 3.70. The Hall–Kier alpha value is -4.20. The molecule has 1 amide bonds. The zero-order chi connectivity index (χ0) is 22.5. The van der Waals surface area contributed by atoms with Crippen molar-refractivity contribution in [1.82, 2.24) is 19.9 Å². The van der Waals surface area contributed by atoms with Crippen LogP contribution in [0.15, 0.2) is 73.2 Å². The topological polar surface area (TPSA) is 89.5 Å². The number of hydrogen-bond acceptors (Lipinski definition) is 7. The quantitative estimate of drug-likeness (QED) is 0.434. The number of carbonyl (C=O) groups excluding carboxylic acids is 1. The van der Waals surface area contributed by atoms with Crippen LogP contribution in [0.3, 0.4) is 0 Å². The summed E-state index contributed by atoms with van der Waals surface area (Å²) in [5, 5.41) is 4.00. The molecule has 0 bridgehead atoms. The predicted molar refractivity (Wildman–Crippen MR) is 125 cm³/mol. The summed E-state index contributed by atoms with van der Waals surface area (Å²) >= 11 is 0. The Balaban J connectivity index is 1.32. The van der Waals surface area contributed by atoms with Gasteiger partial charge in [-0.15, -0.1) is 0 Å². The molecule has 0 aliphatic carbocycles. The third kappa shape index (κ3) is 5.01. The van der Waals surface area contributed by atoms with Crippen LogP contribution >= 0.6 is 0 Å². The smallest absolute Gasteiger partial charge is 0.415 e. The number of likely N-dealkylation sites (tertiary alicyclic amines) is 1. The molecule has 1 aliphatic rings. The zero-order valence-electron chi connectivity index (χ0n) is 18.0. The van der Waals surface area contributed by atoms with E-state index in [-0.39, 0.29) is 6.09 Å². The number of benzene rings is 2. The Morgan fingerprint density at radius 1 is 0.879 bits per heavy atom. The Bertz CT molecular complexity index is 1240. The fraction of sp³-hybridized carbons (Fsp3) is 0.200. The highest BCUT2D eigenvalue weighted by Crippen LogP contribution is 2.28. The van der Waals surface area contributed by atoms with Gasteiger partial charge in [0.05, 0.1) is 17.4 Å². The molecular weight excluding hydrogens is 418 g/mol. The van der Waals surface area contributed by atoms with E-state index < -0.39 is 0 Å². The molecule has 1 saturated heterocycles. The van der Waals surface area contributed by atoms with Gasteiger partial charge in [0, 0.05) is 24.5 Å². The SMILES string of the molecule is O=C(Oc1ccc2ncnc(Nc3ccc(Oc4ccccc4)nc3)c2c1)N1CCCCC1. The van der Waals surface area contributed by atoms with Crippen molar-refractivity contribution in [3.63, 3.8) is 0 Å². The zero-order valence-corrected chi connectivity index (χ0v) is 18.0. The van der Waals surface area contributed by atoms with E-state index in [4.69, 9.17) is 9.47 Å². The van der Waals surface area contributed by atoms with E-state index in [0.29, 0.717) is 17.4 Å². The minimum Gasteiger partial charge on any atom is -0.439 e. The van der Waals surface area contributed by atoms with Crippen LogP contribution in [0.5, 0.6) is 17.4 Å². The van der Waals surface area contributed by atoms with E-state index in [2.05, 4.69) is 20.3 Å². The maximum atomic E-state index is 12.5. The van der Waals surface area contributed by atoms with E-state index in [1.54, 1.807) is 29.3 Å². The Labute approximate surface area is 191 Å². The van der Waals surface area contributed by atoms with E-state index in [1.165, 1.54) is 6.33 Å². The van der Waals surface area contributed by atoms with E-state index in [9.17, 15) is 4.79 Å². The van der Waals surface area contributed by atoms with Crippen molar-refractivity contribution < 1.29 is 14.3 Å². The number of rotatable bonds is 5. The minimum atomic E-state index is -0.321. The van der Waals surface area contributed by atoms with Crippen LogP contribution in [-0.2, 0) is 0 Å². The number of ether oxygens (including phenoxy) is 2. The van der Waals surface area contributed by atoms with Gasteiger partial charge in [-0.05, 0) is 55.7 Å². The van der Waals surface area contributed by atoms with Crippen molar-refractivity contribution in [1.29, 1.82) is 0 Å². The van der Waals surface area contributed by atoms with Gasteiger partial charge >= 0.3 is 6.09 Å². The second kappa shape index (κ2) is 9.52. The van der Waals surface area contributed by atoms with Crippen LogP contribution in [0.4, 0.5) is 16.3 Å². The molecule has 0 atom stereocenters. The molecule has 0 unspecified atom stereocenters. The van der Waals surface area contributed by atoms with Gasteiger partial charge in [-0.2, -0.15) is 0 Å². The summed E-state index contributed by atoms with van der Waals surface area (Å²) in [6.07, 6.45) is 6.02. The molecule has 2 aromatic carbocycles. The van der Waals surface area contributed by atoms with Gasteiger partial charge in [-0.1, -0.05) is 18.2 Å².